The highest BCUT2D eigenvalue weighted by atomic mass is 35.5. The van der Waals surface area contributed by atoms with E-state index in [1.165, 1.54) is 12.8 Å². The molecular weight excluding hydrogens is 372 g/mol. The van der Waals surface area contributed by atoms with E-state index in [-0.39, 0.29) is 5.60 Å². The number of aromatic nitrogens is 3. The van der Waals surface area contributed by atoms with Crippen LogP contribution >= 0.6 is 11.6 Å². The number of hydrogen-bond donors (Lipinski definition) is 1. The molecule has 1 N–H and O–H groups in total. The van der Waals surface area contributed by atoms with E-state index >= 15 is 0 Å². The molecule has 5 nitrogen and oxygen atoms in total. The Morgan fingerprint density at radius 1 is 1.18 bits per heavy atom. The summed E-state index contributed by atoms with van der Waals surface area (Å²) in [7, 11) is 1.81. The van der Waals surface area contributed by atoms with E-state index in [2.05, 4.69) is 24.3 Å². The molecule has 1 aromatic carbocycles. The average molecular weight is 399 g/mol. The maximum absolute atomic E-state index is 6.16. The van der Waals surface area contributed by atoms with E-state index in [0.29, 0.717) is 17.0 Å². The number of benzene rings is 1. The highest BCUT2D eigenvalue weighted by Crippen LogP contribution is 2.35. The Morgan fingerprint density at radius 3 is 2.68 bits per heavy atom. The van der Waals surface area contributed by atoms with Crippen LogP contribution in [0.1, 0.15) is 39.5 Å². The molecule has 0 amide bonds. The molecule has 1 aliphatic carbocycles. The number of anilines is 1. The molecule has 6 heteroatoms. The standard InChI is InChI=1S/C22H27ClN4O/c1-22(2,28-3)16-7-9-18(10-8-16)25-20-11-12-27-21(26-20)19(14-24-27)15-5-4-6-17(23)13-15/h4-6,11-14,16,18H,7-10H2,1-3H3,(H,25,26). The van der Waals surface area contributed by atoms with E-state index in [1.54, 1.807) is 4.52 Å². The zero-order chi connectivity index (χ0) is 19.7. The van der Waals surface area contributed by atoms with Gasteiger partial charge in [0.2, 0.25) is 0 Å². The largest absolute Gasteiger partial charge is 0.379 e. The fourth-order valence-electron chi connectivity index (χ4n) is 4.12. The first-order valence-corrected chi connectivity index (χ1v) is 10.3. The first-order valence-electron chi connectivity index (χ1n) is 9.88. The summed E-state index contributed by atoms with van der Waals surface area (Å²) in [5.41, 5.74) is 2.79. The van der Waals surface area contributed by atoms with Gasteiger partial charge in [-0.15, -0.1) is 0 Å². The lowest BCUT2D eigenvalue weighted by atomic mass is 9.77. The lowest BCUT2D eigenvalue weighted by Gasteiger charge is -2.38. The van der Waals surface area contributed by atoms with Gasteiger partial charge in [0.1, 0.15) is 5.82 Å². The molecule has 0 atom stereocenters. The summed E-state index contributed by atoms with van der Waals surface area (Å²) in [5, 5.41) is 8.76. The van der Waals surface area contributed by atoms with Crippen LogP contribution in [0.25, 0.3) is 16.8 Å². The van der Waals surface area contributed by atoms with Gasteiger partial charge in [-0.25, -0.2) is 9.50 Å². The smallest absolute Gasteiger partial charge is 0.165 e. The molecule has 1 saturated carbocycles. The van der Waals surface area contributed by atoms with Crippen LogP contribution in [-0.2, 0) is 4.74 Å². The zero-order valence-corrected chi connectivity index (χ0v) is 17.4. The second kappa shape index (κ2) is 7.72. The molecular formula is C22H27ClN4O. The zero-order valence-electron chi connectivity index (χ0n) is 16.7. The van der Waals surface area contributed by atoms with Gasteiger partial charge in [0.15, 0.2) is 5.65 Å². The number of methoxy groups -OCH3 is 1. The lowest BCUT2D eigenvalue weighted by Crippen LogP contribution is -2.38. The number of halogens is 1. The minimum absolute atomic E-state index is 0.0500. The third kappa shape index (κ3) is 3.87. The van der Waals surface area contributed by atoms with E-state index in [0.717, 1.165) is 35.4 Å². The summed E-state index contributed by atoms with van der Waals surface area (Å²) in [6.07, 6.45) is 8.39. The Hall–Kier alpha value is -2.11. The summed E-state index contributed by atoms with van der Waals surface area (Å²) in [5.74, 6) is 1.50. The van der Waals surface area contributed by atoms with Crippen molar-refractivity contribution >= 4 is 23.1 Å². The monoisotopic (exact) mass is 398 g/mol. The van der Waals surface area contributed by atoms with Crippen molar-refractivity contribution in [1.82, 2.24) is 14.6 Å². The van der Waals surface area contributed by atoms with Crippen LogP contribution in [0.4, 0.5) is 5.82 Å². The van der Waals surface area contributed by atoms with Gasteiger partial charge >= 0.3 is 0 Å². The predicted octanol–water partition coefficient (Wildman–Crippen LogP) is 5.45. The molecule has 0 spiro atoms. The fourth-order valence-corrected chi connectivity index (χ4v) is 4.31. The summed E-state index contributed by atoms with van der Waals surface area (Å²) < 4.78 is 7.49. The Bertz CT molecular complexity index is 960. The second-order valence-electron chi connectivity index (χ2n) is 8.15. The topological polar surface area (TPSA) is 51.5 Å². The highest BCUT2D eigenvalue weighted by Gasteiger charge is 2.33. The normalized spacial score (nSPS) is 20.4. The SMILES string of the molecule is COC(C)(C)C1CCC(Nc2ccn3ncc(-c4cccc(Cl)c4)c3n2)CC1. The first-order chi connectivity index (χ1) is 13.5. The van der Waals surface area contributed by atoms with E-state index in [9.17, 15) is 0 Å². The van der Waals surface area contributed by atoms with Crippen molar-refractivity contribution in [2.24, 2.45) is 5.92 Å². The molecule has 0 saturated heterocycles. The average Bonchev–Trinajstić information content (AvgIpc) is 3.12. The Morgan fingerprint density at radius 2 is 1.96 bits per heavy atom. The summed E-state index contributed by atoms with van der Waals surface area (Å²) in [6.45, 7) is 4.38. The van der Waals surface area contributed by atoms with Gasteiger partial charge in [-0.05, 0) is 69.2 Å². The number of hydrogen-bond acceptors (Lipinski definition) is 4. The summed E-state index contributed by atoms with van der Waals surface area (Å²) in [6, 6.07) is 10.2. The van der Waals surface area contributed by atoms with Crippen molar-refractivity contribution in [2.75, 3.05) is 12.4 Å². The van der Waals surface area contributed by atoms with E-state index in [4.69, 9.17) is 21.3 Å². The fraction of sp³-hybridized carbons (Fsp3) is 0.455. The van der Waals surface area contributed by atoms with Crippen LogP contribution < -0.4 is 5.32 Å². The molecule has 2 aromatic heterocycles. The minimum atomic E-state index is -0.0500. The van der Waals surface area contributed by atoms with Crippen molar-refractivity contribution in [3.05, 3.63) is 47.7 Å². The summed E-state index contributed by atoms with van der Waals surface area (Å²) in [4.78, 5) is 4.84. The molecule has 4 rings (SSSR count). The molecule has 148 valence electrons. The quantitative estimate of drug-likeness (QED) is 0.621. The molecule has 0 unspecified atom stereocenters. The number of nitrogens with one attached hydrogen (secondary N) is 1. The Balaban J connectivity index is 1.51. The lowest BCUT2D eigenvalue weighted by molar-refractivity contribution is -0.0407. The molecule has 28 heavy (non-hydrogen) atoms. The van der Waals surface area contributed by atoms with Crippen molar-refractivity contribution in [3.63, 3.8) is 0 Å². The van der Waals surface area contributed by atoms with E-state index in [1.807, 2.05) is 49.8 Å². The molecule has 0 bridgehead atoms. The van der Waals surface area contributed by atoms with Gasteiger partial charge in [-0.1, -0.05) is 23.7 Å². The van der Waals surface area contributed by atoms with Crippen LogP contribution in [0.3, 0.4) is 0 Å². The van der Waals surface area contributed by atoms with Gasteiger partial charge in [0.25, 0.3) is 0 Å². The van der Waals surface area contributed by atoms with Gasteiger partial charge in [-0.3, -0.25) is 0 Å². The van der Waals surface area contributed by atoms with Crippen molar-refractivity contribution in [2.45, 2.75) is 51.2 Å². The maximum atomic E-state index is 6.16. The van der Waals surface area contributed by atoms with Gasteiger partial charge < -0.3 is 10.1 Å². The van der Waals surface area contributed by atoms with Crippen LogP contribution in [-0.4, -0.2) is 33.4 Å². The minimum Gasteiger partial charge on any atom is -0.379 e. The molecule has 2 heterocycles. The van der Waals surface area contributed by atoms with Crippen molar-refractivity contribution in [3.8, 4) is 11.1 Å². The van der Waals surface area contributed by atoms with Crippen LogP contribution in [0, 0.1) is 5.92 Å². The van der Waals surface area contributed by atoms with E-state index < -0.39 is 0 Å². The third-order valence-electron chi connectivity index (χ3n) is 6.09. The first kappa shape index (κ1) is 19.2. The third-order valence-corrected chi connectivity index (χ3v) is 6.33. The van der Waals surface area contributed by atoms with Crippen LogP contribution in [0.15, 0.2) is 42.7 Å². The maximum Gasteiger partial charge on any atom is 0.165 e. The number of fused-ring (bicyclic) bond motifs is 1. The van der Waals surface area contributed by atoms with Gasteiger partial charge in [0.05, 0.1) is 11.8 Å². The molecule has 3 aromatic rings. The number of nitrogens with zero attached hydrogens (tertiary/aromatic N) is 3. The van der Waals surface area contributed by atoms with Gasteiger partial charge in [0, 0.05) is 29.9 Å². The molecule has 0 radical (unpaired) electrons. The molecule has 0 aliphatic heterocycles. The van der Waals surface area contributed by atoms with Crippen LogP contribution in [0.5, 0.6) is 0 Å². The predicted molar refractivity (Wildman–Crippen MR) is 114 cm³/mol. The van der Waals surface area contributed by atoms with Gasteiger partial charge in [-0.2, -0.15) is 5.10 Å². The highest BCUT2D eigenvalue weighted by molar-refractivity contribution is 6.30. The second-order valence-corrected chi connectivity index (χ2v) is 8.59. The number of rotatable bonds is 5. The Kier molecular flexibility index (Phi) is 5.30. The van der Waals surface area contributed by atoms with Crippen LogP contribution in [0.2, 0.25) is 5.02 Å². The summed E-state index contributed by atoms with van der Waals surface area (Å²) >= 11 is 6.16. The molecule has 1 aliphatic rings. The van der Waals surface area contributed by atoms with Crippen molar-refractivity contribution < 1.29 is 4.74 Å². The number of ether oxygens (including phenoxy) is 1. The Labute approximate surface area is 171 Å². The van der Waals surface area contributed by atoms with Crippen molar-refractivity contribution in [1.29, 1.82) is 0 Å². The molecule has 1 fully saturated rings.